The van der Waals surface area contributed by atoms with Crippen molar-refractivity contribution in [1.82, 2.24) is 5.32 Å². The Kier molecular flexibility index (Phi) is 6.65. The van der Waals surface area contributed by atoms with Crippen molar-refractivity contribution in [2.75, 3.05) is 33.0 Å². The molecule has 18 heavy (non-hydrogen) atoms. The molecule has 4 nitrogen and oxygen atoms in total. The zero-order valence-electron chi connectivity index (χ0n) is 12.0. The van der Waals surface area contributed by atoms with Crippen LogP contribution in [0.2, 0.25) is 0 Å². The minimum absolute atomic E-state index is 0.0586. The number of nitrogens with one attached hydrogen (secondary N) is 1. The monoisotopic (exact) mass is 257 g/mol. The van der Waals surface area contributed by atoms with Crippen molar-refractivity contribution in [2.45, 2.75) is 40.0 Å². The summed E-state index contributed by atoms with van der Waals surface area (Å²) in [5.74, 6) is 0.701. The Hall–Kier alpha value is -0.610. The first kappa shape index (κ1) is 15.4. The van der Waals surface area contributed by atoms with E-state index in [-0.39, 0.29) is 11.3 Å². The molecule has 0 aliphatic carbocycles. The van der Waals surface area contributed by atoms with E-state index in [4.69, 9.17) is 9.47 Å². The van der Waals surface area contributed by atoms with Gasteiger partial charge in [0.05, 0.1) is 13.2 Å². The van der Waals surface area contributed by atoms with Gasteiger partial charge in [-0.05, 0) is 18.3 Å². The maximum Gasteiger partial charge on any atom is 0.220 e. The molecule has 1 aliphatic rings. The second-order valence-corrected chi connectivity index (χ2v) is 6.25. The van der Waals surface area contributed by atoms with E-state index >= 15 is 0 Å². The third-order valence-corrected chi connectivity index (χ3v) is 2.86. The summed E-state index contributed by atoms with van der Waals surface area (Å²) in [4.78, 5) is 11.5. The van der Waals surface area contributed by atoms with Gasteiger partial charge in [-0.2, -0.15) is 0 Å². The summed E-state index contributed by atoms with van der Waals surface area (Å²) < 4.78 is 10.8. The Balaban J connectivity index is 1.90. The number of ether oxygens (including phenoxy) is 2. The standard InChI is InChI=1S/C14H27NO3/c1-14(2,3)9-13(16)15-6-4-7-17-10-12-5-8-18-11-12/h12H,4-11H2,1-3H3,(H,15,16). The number of carbonyl (C=O) groups excluding carboxylic acids is 1. The van der Waals surface area contributed by atoms with E-state index in [1.807, 2.05) is 0 Å². The minimum atomic E-state index is 0.0586. The van der Waals surface area contributed by atoms with Gasteiger partial charge >= 0.3 is 0 Å². The first-order valence-electron chi connectivity index (χ1n) is 6.89. The van der Waals surface area contributed by atoms with Crippen LogP contribution in [0.5, 0.6) is 0 Å². The van der Waals surface area contributed by atoms with Gasteiger partial charge in [-0.25, -0.2) is 0 Å². The fourth-order valence-electron chi connectivity index (χ4n) is 1.91. The lowest BCUT2D eigenvalue weighted by atomic mass is 9.92. The van der Waals surface area contributed by atoms with Crippen molar-refractivity contribution in [3.8, 4) is 0 Å². The van der Waals surface area contributed by atoms with E-state index in [1.54, 1.807) is 0 Å². The summed E-state index contributed by atoms with van der Waals surface area (Å²) in [5.41, 5.74) is 0.0586. The predicted octanol–water partition coefficient (Wildman–Crippen LogP) is 1.98. The average molecular weight is 257 g/mol. The van der Waals surface area contributed by atoms with Crippen LogP contribution >= 0.6 is 0 Å². The number of amides is 1. The topological polar surface area (TPSA) is 47.6 Å². The molecule has 0 aromatic heterocycles. The summed E-state index contributed by atoms with van der Waals surface area (Å²) >= 11 is 0. The molecule has 0 saturated carbocycles. The number of carbonyl (C=O) groups is 1. The van der Waals surface area contributed by atoms with Crippen molar-refractivity contribution in [3.05, 3.63) is 0 Å². The Morgan fingerprint density at radius 3 is 2.83 bits per heavy atom. The number of hydrogen-bond acceptors (Lipinski definition) is 3. The second kappa shape index (κ2) is 7.74. The first-order valence-corrected chi connectivity index (χ1v) is 6.89. The molecule has 1 saturated heterocycles. The van der Waals surface area contributed by atoms with Crippen molar-refractivity contribution in [3.63, 3.8) is 0 Å². The van der Waals surface area contributed by atoms with Crippen LogP contribution in [0.25, 0.3) is 0 Å². The molecule has 0 aromatic rings. The Morgan fingerprint density at radius 2 is 2.22 bits per heavy atom. The van der Waals surface area contributed by atoms with E-state index in [0.29, 0.717) is 25.5 Å². The van der Waals surface area contributed by atoms with Gasteiger partial charge in [-0.1, -0.05) is 20.8 Å². The molecule has 0 bridgehead atoms. The Bertz CT molecular complexity index is 242. The van der Waals surface area contributed by atoms with Gasteiger partial charge in [-0.3, -0.25) is 4.79 Å². The molecule has 1 rings (SSSR count). The van der Waals surface area contributed by atoms with Crippen molar-refractivity contribution in [2.24, 2.45) is 11.3 Å². The van der Waals surface area contributed by atoms with Crippen molar-refractivity contribution in [1.29, 1.82) is 0 Å². The zero-order chi connectivity index (χ0) is 13.4. The summed E-state index contributed by atoms with van der Waals surface area (Å²) in [6.07, 6.45) is 2.57. The SMILES string of the molecule is CC(C)(C)CC(=O)NCCCOCC1CCOC1. The first-order chi connectivity index (χ1) is 8.47. The van der Waals surface area contributed by atoms with Crippen LogP contribution in [0.15, 0.2) is 0 Å². The Morgan fingerprint density at radius 1 is 1.44 bits per heavy atom. The molecule has 106 valence electrons. The van der Waals surface area contributed by atoms with Crippen LogP contribution in [-0.2, 0) is 14.3 Å². The largest absolute Gasteiger partial charge is 0.381 e. The van der Waals surface area contributed by atoms with Gasteiger partial charge in [-0.15, -0.1) is 0 Å². The fourth-order valence-corrected chi connectivity index (χ4v) is 1.91. The molecule has 1 aliphatic heterocycles. The minimum Gasteiger partial charge on any atom is -0.381 e. The van der Waals surface area contributed by atoms with Gasteiger partial charge in [0.15, 0.2) is 0 Å². The van der Waals surface area contributed by atoms with Crippen LogP contribution in [0.4, 0.5) is 0 Å². The average Bonchev–Trinajstić information content (AvgIpc) is 2.73. The van der Waals surface area contributed by atoms with Gasteiger partial charge in [0.1, 0.15) is 0 Å². The molecule has 0 radical (unpaired) electrons. The van der Waals surface area contributed by atoms with Gasteiger partial charge < -0.3 is 14.8 Å². The van der Waals surface area contributed by atoms with E-state index in [2.05, 4.69) is 26.1 Å². The highest BCUT2D eigenvalue weighted by Gasteiger charge is 2.16. The maximum atomic E-state index is 11.5. The van der Waals surface area contributed by atoms with Gasteiger partial charge in [0, 0.05) is 32.1 Å². The fraction of sp³-hybridized carbons (Fsp3) is 0.929. The molecule has 1 atom stereocenters. The molecule has 0 spiro atoms. The van der Waals surface area contributed by atoms with Crippen molar-refractivity contribution >= 4 is 5.91 Å². The predicted molar refractivity (Wildman–Crippen MR) is 71.4 cm³/mol. The summed E-state index contributed by atoms with van der Waals surface area (Å²) in [5, 5.41) is 2.92. The van der Waals surface area contributed by atoms with Gasteiger partial charge in [0.25, 0.3) is 0 Å². The lowest BCUT2D eigenvalue weighted by Crippen LogP contribution is -2.29. The highest BCUT2D eigenvalue weighted by atomic mass is 16.5. The molecule has 1 N–H and O–H groups in total. The summed E-state index contributed by atoms with van der Waals surface area (Å²) in [7, 11) is 0. The van der Waals surface area contributed by atoms with Crippen LogP contribution in [0.1, 0.15) is 40.0 Å². The molecule has 1 amide bonds. The van der Waals surface area contributed by atoms with Crippen LogP contribution < -0.4 is 5.32 Å². The van der Waals surface area contributed by atoms with E-state index < -0.39 is 0 Å². The summed E-state index contributed by atoms with van der Waals surface area (Å²) in [6.45, 7) is 10.1. The van der Waals surface area contributed by atoms with E-state index in [1.165, 1.54) is 0 Å². The van der Waals surface area contributed by atoms with E-state index in [9.17, 15) is 4.79 Å². The molecule has 1 fully saturated rings. The third-order valence-electron chi connectivity index (χ3n) is 2.86. The van der Waals surface area contributed by atoms with E-state index in [0.717, 1.165) is 32.7 Å². The smallest absolute Gasteiger partial charge is 0.220 e. The molecular weight excluding hydrogens is 230 g/mol. The molecule has 0 aromatic carbocycles. The summed E-state index contributed by atoms with van der Waals surface area (Å²) in [6, 6.07) is 0. The number of hydrogen-bond donors (Lipinski definition) is 1. The Labute approximate surface area is 110 Å². The molecule has 4 heteroatoms. The third kappa shape index (κ3) is 7.67. The number of rotatable bonds is 7. The van der Waals surface area contributed by atoms with Crippen LogP contribution in [-0.4, -0.2) is 38.9 Å². The molecule has 1 heterocycles. The highest BCUT2D eigenvalue weighted by molar-refractivity contribution is 5.76. The van der Waals surface area contributed by atoms with Crippen molar-refractivity contribution < 1.29 is 14.3 Å². The van der Waals surface area contributed by atoms with Crippen LogP contribution in [0.3, 0.4) is 0 Å². The zero-order valence-corrected chi connectivity index (χ0v) is 12.0. The highest BCUT2D eigenvalue weighted by Crippen LogP contribution is 2.17. The molecular formula is C14H27NO3. The van der Waals surface area contributed by atoms with Gasteiger partial charge in [0.2, 0.25) is 5.91 Å². The lowest BCUT2D eigenvalue weighted by molar-refractivity contribution is -0.122. The van der Waals surface area contributed by atoms with Crippen LogP contribution in [0, 0.1) is 11.3 Å². The quantitative estimate of drug-likeness (QED) is 0.709. The maximum absolute atomic E-state index is 11.5. The normalized spacial score (nSPS) is 20.1. The lowest BCUT2D eigenvalue weighted by Gasteiger charge is -2.17. The second-order valence-electron chi connectivity index (χ2n) is 6.25. The molecule has 1 unspecified atom stereocenters.